The van der Waals surface area contributed by atoms with Crippen molar-refractivity contribution in [2.75, 3.05) is 24.3 Å². The fraction of sp³-hybridized carbons (Fsp3) is 0.600. The van der Waals surface area contributed by atoms with Crippen LogP contribution >= 0.6 is 11.6 Å². The fourth-order valence-electron chi connectivity index (χ4n) is 2.64. The van der Waals surface area contributed by atoms with Crippen molar-refractivity contribution in [3.8, 4) is 0 Å². The molecule has 0 radical (unpaired) electrons. The van der Waals surface area contributed by atoms with Crippen LogP contribution in [0.1, 0.15) is 32.6 Å². The molecule has 0 bridgehead atoms. The minimum absolute atomic E-state index is 0.596. The van der Waals surface area contributed by atoms with Gasteiger partial charge in [-0.1, -0.05) is 18.5 Å². The third-order valence-electron chi connectivity index (χ3n) is 3.82. The average molecular weight is 267 g/mol. The maximum atomic E-state index is 6.10. The van der Waals surface area contributed by atoms with Gasteiger partial charge in [0, 0.05) is 25.2 Å². The van der Waals surface area contributed by atoms with Crippen LogP contribution in [0.15, 0.2) is 18.2 Å². The molecule has 0 spiro atoms. The predicted molar refractivity (Wildman–Crippen MR) is 80.8 cm³/mol. The smallest absolute Gasteiger partial charge is 0.0597 e. The Kier molecular flexibility index (Phi) is 4.39. The molecule has 0 aliphatic heterocycles. The van der Waals surface area contributed by atoms with Gasteiger partial charge in [-0.25, -0.2) is 0 Å². The molecule has 1 aromatic carbocycles. The Hall–Kier alpha value is -0.890. The van der Waals surface area contributed by atoms with Crippen molar-refractivity contribution in [3.05, 3.63) is 23.2 Å². The molecule has 3 heteroatoms. The van der Waals surface area contributed by atoms with E-state index in [4.69, 9.17) is 11.6 Å². The third-order valence-corrected chi connectivity index (χ3v) is 4.05. The molecule has 0 unspecified atom stereocenters. The topological polar surface area (TPSA) is 15.3 Å². The summed E-state index contributed by atoms with van der Waals surface area (Å²) in [4.78, 5) is 2.13. The van der Waals surface area contributed by atoms with Crippen molar-refractivity contribution < 1.29 is 0 Å². The second kappa shape index (κ2) is 5.83. The Morgan fingerprint density at radius 3 is 2.44 bits per heavy atom. The van der Waals surface area contributed by atoms with Crippen molar-refractivity contribution in [2.45, 2.75) is 38.6 Å². The van der Waals surface area contributed by atoms with Crippen molar-refractivity contribution in [2.24, 2.45) is 5.92 Å². The number of nitrogens with zero attached hydrogens (tertiary/aromatic N) is 1. The summed E-state index contributed by atoms with van der Waals surface area (Å²) in [7, 11) is 4.13. The number of hydrogen-bond donors (Lipinski definition) is 1. The van der Waals surface area contributed by atoms with Gasteiger partial charge in [0.2, 0.25) is 0 Å². The summed E-state index contributed by atoms with van der Waals surface area (Å²) < 4.78 is 0. The molecule has 2 nitrogen and oxygen atoms in total. The molecule has 0 atom stereocenters. The van der Waals surface area contributed by atoms with Gasteiger partial charge in [0.15, 0.2) is 0 Å². The summed E-state index contributed by atoms with van der Waals surface area (Å²) in [5.74, 6) is 0.885. The zero-order valence-electron chi connectivity index (χ0n) is 11.5. The van der Waals surface area contributed by atoms with Crippen LogP contribution < -0.4 is 10.2 Å². The Morgan fingerprint density at radius 1 is 1.17 bits per heavy atom. The van der Waals surface area contributed by atoms with Crippen LogP contribution in [0, 0.1) is 5.92 Å². The van der Waals surface area contributed by atoms with E-state index in [2.05, 4.69) is 37.3 Å². The number of rotatable bonds is 3. The molecule has 1 aliphatic rings. The van der Waals surface area contributed by atoms with Crippen LogP contribution in [-0.4, -0.2) is 20.1 Å². The van der Waals surface area contributed by atoms with Gasteiger partial charge in [0.1, 0.15) is 0 Å². The van der Waals surface area contributed by atoms with Gasteiger partial charge < -0.3 is 10.2 Å². The SMILES string of the molecule is CC1CCC(Nc2cc(Cl)ccc2N(C)C)CC1. The molecular weight excluding hydrogens is 244 g/mol. The van der Waals surface area contributed by atoms with Crippen LogP contribution in [0.5, 0.6) is 0 Å². The summed E-state index contributed by atoms with van der Waals surface area (Å²) >= 11 is 6.10. The minimum atomic E-state index is 0.596. The van der Waals surface area contributed by atoms with Crippen LogP contribution in [0.4, 0.5) is 11.4 Å². The van der Waals surface area contributed by atoms with E-state index in [1.54, 1.807) is 0 Å². The summed E-state index contributed by atoms with van der Waals surface area (Å²) in [5, 5.41) is 4.46. The predicted octanol–water partition coefficient (Wildman–Crippen LogP) is 4.40. The molecule has 18 heavy (non-hydrogen) atoms. The fourth-order valence-corrected chi connectivity index (χ4v) is 2.81. The number of hydrogen-bond acceptors (Lipinski definition) is 2. The molecule has 0 saturated heterocycles. The van der Waals surface area contributed by atoms with Gasteiger partial charge in [-0.2, -0.15) is 0 Å². The van der Waals surface area contributed by atoms with E-state index in [9.17, 15) is 0 Å². The highest BCUT2D eigenvalue weighted by molar-refractivity contribution is 6.31. The second-order valence-corrected chi connectivity index (χ2v) is 6.09. The van der Waals surface area contributed by atoms with E-state index < -0.39 is 0 Å². The van der Waals surface area contributed by atoms with Crippen LogP contribution in [-0.2, 0) is 0 Å². The zero-order valence-corrected chi connectivity index (χ0v) is 12.3. The van der Waals surface area contributed by atoms with E-state index in [1.807, 2.05) is 12.1 Å². The van der Waals surface area contributed by atoms with E-state index in [0.29, 0.717) is 6.04 Å². The lowest BCUT2D eigenvalue weighted by Crippen LogP contribution is -2.26. The quantitative estimate of drug-likeness (QED) is 0.873. The van der Waals surface area contributed by atoms with Gasteiger partial charge in [-0.15, -0.1) is 0 Å². The summed E-state index contributed by atoms with van der Waals surface area (Å²) in [6, 6.07) is 6.66. The highest BCUT2D eigenvalue weighted by Crippen LogP contribution is 2.32. The molecule has 2 rings (SSSR count). The second-order valence-electron chi connectivity index (χ2n) is 5.66. The lowest BCUT2D eigenvalue weighted by molar-refractivity contribution is 0.361. The molecule has 1 aliphatic carbocycles. The average Bonchev–Trinajstić information content (AvgIpc) is 2.32. The normalized spacial score (nSPS) is 23.8. The van der Waals surface area contributed by atoms with E-state index >= 15 is 0 Å². The van der Waals surface area contributed by atoms with Gasteiger partial charge >= 0.3 is 0 Å². The number of anilines is 2. The maximum Gasteiger partial charge on any atom is 0.0597 e. The van der Waals surface area contributed by atoms with Crippen molar-refractivity contribution in [1.29, 1.82) is 0 Å². The lowest BCUT2D eigenvalue weighted by atomic mass is 9.87. The van der Waals surface area contributed by atoms with Crippen LogP contribution in [0.3, 0.4) is 0 Å². The first-order valence-electron chi connectivity index (χ1n) is 6.79. The summed E-state index contributed by atoms with van der Waals surface area (Å²) in [6.45, 7) is 2.35. The van der Waals surface area contributed by atoms with E-state index in [1.165, 1.54) is 31.4 Å². The molecule has 1 aromatic rings. The van der Waals surface area contributed by atoms with Crippen molar-refractivity contribution in [1.82, 2.24) is 0 Å². The molecule has 1 fully saturated rings. The number of benzene rings is 1. The highest BCUT2D eigenvalue weighted by Gasteiger charge is 2.19. The van der Waals surface area contributed by atoms with Gasteiger partial charge in [-0.05, 0) is 49.8 Å². The van der Waals surface area contributed by atoms with Crippen LogP contribution in [0.2, 0.25) is 5.02 Å². The standard InChI is InChI=1S/C15H23ClN2/c1-11-4-7-13(8-5-11)17-14-10-12(16)6-9-15(14)18(2)3/h6,9-11,13,17H,4-5,7-8H2,1-3H3. The van der Waals surface area contributed by atoms with E-state index in [0.717, 1.165) is 16.6 Å². The third kappa shape index (κ3) is 3.32. The van der Waals surface area contributed by atoms with Gasteiger partial charge in [0.25, 0.3) is 0 Å². The molecule has 1 N–H and O–H groups in total. The Balaban J connectivity index is 2.10. The van der Waals surface area contributed by atoms with Crippen LogP contribution in [0.25, 0.3) is 0 Å². The Bertz CT molecular complexity index is 395. The first-order valence-corrected chi connectivity index (χ1v) is 7.17. The number of halogens is 1. The molecule has 0 amide bonds. The number of nitrogens with one attached hydrogen (secondary N) is 1. The van der Waals surface area contributed by atoms with E-state index in [-0.39, 0.29) is 0 Å². The summed E-state index contributed by atoms with van der Waals surface area (Å²) in [6.07, 6.45) is 5.19. The van der Waals surface area contributed by atoms with Gasteiger partial charge in [0.05, 0.1) is 11.4 Å². The lowest BCUT2D eigenvalue weighted by Gasteiger charge is -2.29. The Labute approximate surface area is 115 Å². The largest absolute Gasteiger partial charge is 0.381 e. The molecule has 0 aromatic heterocycles. The van der Waals surface area contributed by atoms with Crippen molar-refractivity contribution in [3.63, 3.8) is 0 Å². The highest BCUT2D eigenvalue weighted by atomic mass is 35.5. The molecule has 0 heterocycles. The first-order chi connectivity index (χ1) is 8.56. The zero-order chi connectivity index (χ0) is 13.1. The Morgan fingerprint density at radius 2 is 1.83 bits per heavy atom. The maximum absolute atomic E-state index is 6.10. The molecule has 100 valence electrons. The minimum Gasteiger partial charge on any atom is -0.381 e. The molecular formula is C15H23ClN2. The summed E-state index contributed by atoms with van der Waals surface area (Å²) in [5.41, 5.74) is 2.37. The first kappa shape index (κ1) is 13.5. The van der Waals surface area contributed by atoms with Crippen molar-refractivity contribution >= 4 is 23.0 Å². The monoisotopic (exact) mass is 266 g/mol. The molecule has 1 saturated carbocycles. The van der Waals surface area contributed by atoms with Gasteiger partial charge in [-0.3, -0.25) is 0 Å².